The van der Waals surface area contributed by atoms with E-state index in [0.29, 0.717) is 5.02 Å². The molecule has 0 aliphatic carbocycles. The van der Waals surface area contributed by atoms with Crippen LogP contribution in [0.4, 0.5) is 0 Å². The Bertz CT molecular complexity index is 275. The summed E-state index contributed by atoms with van der Waals surface area (Å²) in [6, 6.07) is 5.23. The van der Waals surface area contributed by atoms with Crippen LogP contribution < -0.4 is 5.73 Å². The predicted molar refractivity (Wildman–Crippen MR) is 50.2 cm³/mol. The van der Waals surface area contributed by atoms with E-state index in [-0.39, 0.29) is 12.6 Å². The highest BCUT2D eigenvalue weighted by atomic mass is 35.5. The van der Waals surface area contributed by atoms with Gasteiger partial charge in [-0.25, -0.2) is 0 Å². The Labute approximate surface area is 77.0 Å². The van der Waals surface area contributed by atoms with Crippen molar-refractivity contribution in [2.45, 2.75) is 13.0 Å². The summed E-state index contributed by atoms with van der Waals surface area (Å²) in [7, 11) is 0. The first-order chi connectivity index (χ1) is 5.65. The van der Waals surface area contributed by atoms with Crippen molar-refractivity contribution in [2.24, 2.45) is 5.73 Å². The van der Waals surface area contributed by atoms with Crippen LogP contribution in [0.3, 0.4) is 0 Å². The first kappa shape index (κ1) is 9.52. The molecule has 2 nitrogen and oxygen atoms in total. The molecule has 3 heteroatoms. The standard InChI is InChI=1S/C9H12ClNO/c1-6-2-3-7(4-8(6)10)9(11)5-12/h2-4,9,12H,5,11H2,1H3/t9-/m1/s1. The largest absolute Gasteiger partial charge is 0.394 e. The van der Waals surface area contributed by atoms with Crippen LogP contribution in [0, 0.1) is 6.92 Å². The Morgan fingerprint density at radius 3 is 2.75 bits per heavy atom. The minimum Gasteiger partial charge on any atom is -0.394 e. The third kappa shape index (κ3) is 1.97. The van der Waals surface area contributed by atoms with Gasteiger partial charge in [0.05, 0.1) is 12.6 Å². The molecule has 0 unspecified atom stereocenters. The van der Waals surface area contributed by atoms with Crippen molar-refractivity contribution in [1.29, 1.82) is 0 Å². The van der Waals surface area contributed by atoms with E-state index < -0.39 is 0 Å². The predicted octanol–water partition coefficient (Wildman–Crippen LogP) is 1.64. The monoisotopic (exact) mass is 185 g/mol. The molecule has 0 spiro atoms. The molecule has 0 saturated carbocycles. The topological polar surface area (TPSA) is 46.2 Å². The molecule has 1 rings (SSSR count). The smallest absolute Gasteiger partial charge is 0.0624 e. The van der Waals surface area contributed by atoms with Gasteiger partial charge in [-0.15, -0.1) is 0 Å². The first-order valence-electron chi connectivity index (χ1n) is 3.77. The summed E-state index contributed by atoms with van der Waals surface area (Å²) in [4.78, 5) is 0. The third-order valence-corrected chi connectivity index (χ3v) is 2.23. The number of hydrogen-bond donors (Lipinski definition) is 2. The molecule has 0 saturated heterocycles. The Morgan fingerprint density at radius 1 is 1.58 bits per heavy atom. The van der Waals surface area contributed by atoms with Gasteiger partial charge in [0.2, 0.25) is 0 Å². The molecule has 66 valence electrons. The number of rotatable bonds is 2. The van der Waals surface area contributed by atoms with Crippen LogP contribution in [0.2, 0.25) is 5.02 Å². The van der Waals surface area contributed by atoms with Gasteiger partial charge in [0, 0.05) is 5.02 Å². The molecule has 0 amide bonds. The maximum absolute atomic E-state index is 8.78. The summed E-state index contributed by atoms with van der Waals surface area (Å²) in [5, 5.41) is 9.47. The molecule has 0 aliphatic rings. The molecule has 0 aromatic heterocycles. The molecule has 1 aromatic carbocycles. The Balaban J connectivity index is 2.96. The Hall–Kier alpha value is -0.570. The summed E-state index contributed by atoms with van der Waals surface area (Å²) >= 11 is 5.88. The zero-order valence-corrected chi connectivity index (χ0v) is 7.67. The van der Waals surface area contributed by atoms with Crippen LogP contribution in [-0.4, -0.2) is 11.7 Å². The maximum Gasteiger partial charge on any atom is 0.0624 e. The third-order valence-electron chi connectivity index (χ3n) is 1.82. The number of benzene rings is 1. The summed E-state index contributed by atoms with van der Waals surface area (Å²) in [5.41, 5.74) is 7.49. The van der Waals surface area contributed by atoms with Gasteiger partial charge in [0.25, 0.3) is 0 Å². The second kappa shape index (κ2) is 3.90. The highest BCUT2D eigenvalue weighted by Gasteiger charge is 2.05. The van der Waals surface area contributed by atoms with E-state index in [4.69, 9.17) is 22.4 Å². The average molecular weight is 186 g/mol. The zero-order chi connectivity index (χ0) is 9.14. The van der Waals surface area contributed by atoms with Crippen LogP contribution in [0.25, 0.3) is 0 Å². The molecule has 0 fully saturated rings. The van der Waals surface area contributed by atoms with Gasteiger partial charge in [-0.3, -0.25) is 0 Å². The van der Waals surface area contributed by atoms with Crippen molar-refractivity contribution < 1.29 is 5.11 Å². The molecular formula is C9H12ClNO. The number of halogens is 1. The number of nitrogens with two attached hydrogens (primary N) is 1. The summed E-state index contributed by atoms with van der Waals surface area (Å²) < 4.78 is 0. The van der Waals surface area contributed by atoms with Crippen LogP contribution in [0.1, 0.15) is 17.2 Å². The van der Waals surface area contributed by atoms with Crippen LogP contribution in [-0.2, 0) is 0 Å². The van der Waals surface area contributed by atoms with Gasteiger partial charge >= 0.3 is 0 Å². The van der Waals surface area contributed by atoms with E-state index in [1.54, 1.807) is 6.07 Å². The lowest BCUT2D eigenvalue weighted by atomic mass is 10.1. The van der Waals surface area contributed by atoms with Crippen molar-refractivity contribution >= 4 is 11.6 Å². The van der Waals surface area contributed by atoms with Crippen LogP contribution in [0.5, 0.6) is 0 Å². The second-order valence-corrected chi connectivity index (χ2v) is 3.20. The van der Waals surface area contributed by atoms with E-state index in [1.807, 2.05) is 19.1 Å². The molecule has 1 aromatic rings. The molecule has 3 N–H and O–H groups in total. The first-order valence-corrected chi connectivity index (χ1v) is 4.15. The highest BCUT2D eigenvalue weighted by molar-refractivity contribution is 6.31. The van der Waals surface area contributed by atoms with Gasteiger partial charge in [-0.05, 0) is 24.1 Å². The van der Waals surface area contributed by atoms with Crippen LogP contribution >= 0.6 is 11.6 Å². The van der Waals surface area contributed by atoms with Crippen molar-refractivity contribution in [3.05, 3.63) is 34.3 Å². The lowest BCUT2D eigenvalue weighted by Crippen LogP contribution is -2.14. The maximum atomic E-state index is 8.78. The lowest BCUT2D eigenvalue weighted by molar-refractivity contribution is 0.268. The van der Waals surface area contributed by atoms with E-state index >= 15 is 0 Å². The van der Waals surface area contributed by atoms with E-state index in [2.05, 4.69) is 0 Å². The van der Waals surface area contributed by atoms with Gasteiger partial charge in [0.1, 0.15) is 0 Å². The number of hydrogen-bond acceptors (Lipinski definition) is 2. The van der Waals surface area contributed by atoms with Gasteiger partial charge in [0.15, 0.2) is 0 Å². The second-order valence-electron chi connectivity index (χ2n) is 2.80. The summed E-state index contributed by atoms with van der Waals surface area (Å²) in [6.07, 6.45) is 0. The highest BCUT2D eigenvalue weighted by Crippen LogP contribution is 2.19. The SMILES string of the molecule is Cc1ccc([C@H](N)CO)cc1Cl. The van der Waals surface area contributed by atoms with E-state index in [0.717, 1.165) is 11.1 Å². The molecule has 0 radical (unpaired) electrons. The zero-order valence-electron chi connectivity index (χ0n) is 6.92. The number of aliphatic hydroxyl groups excluding tert-OH is 1. The van der Waals surface area contributed by atoms with Crippen molar-refractivity contribution in [2.75, 3.05) is 6.61 Å². The molecular weight excluding hydrogens is 174 g/mol. The van der Waals surface area contributed by atoms with Gasteiger partial charge in [-0.1, -0.05) is 23.7 Å². The summed E-state index contributed by atoms with van der Waals surface area (Å²) in [6.45, 7) is 1.87. The van der Waals surface area contributed by atoms with Gasteiger partial charge in [-0.2, -0.15) is 0 Å². The quantitative estimate of drug-likeness (QED) is 0.736. The fourth-order valence-electron chi connectivity index (χ4n) is 0.945. The molecule has 1 atom stereocenters. The van der Waals surface area contributed by atoms with Crippen LogP contribution in [0.15, 0.2) is 18.2 Å². The van der Waals surface area contributed by atoms with Crippen molar-refractivity contribution in [3.8, 4) is 0 Å². The number of aliphatic hydroxyl groups is 1. The average Bonchev–Trinajstić information content (AvgIpc) is 2.08. The fourth-order valence-corrected chi connectivity index (χ4v) is 1.13. The normalized spacial score (nSPS) is 13.0. The van der Waals surface area contributed by atoms with Crippen molar-refractivity contribution in [3.63, 3.8) is 0 Å². The van der Waals surface area contributed by atoms with Crippen molar-refractivity contribution in [1.82, 2.24) is 0 Å². The summed E-state index contributed by atoms with van der Waals surface area (Å²) in [5.74, 6) is 0. The minimum atomic E-state index is -0.330. The minimum absolute atomic E-state index is 0.0562. The Morgan fingerprint density at radius 2 is 2.25 bits per heavy atom. The van der Waals surface area contributed by atoms with E-state index in [9.17, 15) is 0 Å². The number of aryl methyl sites for hydroxylation is 1. The molecule has 0 aliphatic heterocycles. The van der Waals surface area contributed by atoms with Gasteiger partial charge < -0.3 is 10.8 Å². The lowest BCUT2D eigenvalue weighted by Gasteiger charge is -2.09. The molecule has 0 bridgehead atoms. The molecule has 0 heterocycles. The fraction of sp³-hybridized carbons (Fsp3) is 0.333. The van der Waals surface area contributed by atoms with E-state index in [1.165, 1.54) is 0 Å². The molecule has 12 heavy (non-hydrogen) atoms. The Kier molecular flexibility index (Phi) is 3.09.